The number of nitro groups is 1. The Balaban J connectivity index is 1.70. The van der Waals surface area contributed by atoms with Crippen molar-refractivity contribution in [2.75, 3.05) is 31.5 Å². The number of hydrogen-bond acceptors (Lipinski definition) is 5. The van der Waals surface area contributed by atoms with Gasteiger partial charge in [-0.05, 0) is 29.8 Å². The van der Waals surface area contributed by atoms with Gasteiger partial charge < -0.3 is 10.6 Å². The van der Waals surface area contributed by atoms with E-state index in [0.29, 0.717) is 25.3 Å². The van der Waals surface area contributed by atoms with E-state index in [4.69, 9.17) is 11.6 Å². The molecule has 1 fully saturated rings. The second kappa shape index (κ2) is 8.43. The molecule has 1 aliphatic heterocycles. The van der Waals surface area contributed by atoms with Crippen molar-refractivity contribution in [2.45, 2.75) is 6.04 Å². The fourth-order valence-corrected chi connectivity index (χ4v) is 3.28. The summed E-state index contributed by atoms with van der Waals surface area (Å²) >= 11 is 5.78. The number of hydrogen-bond donors (Lipinski definition) is 2. The molecule has 0 aromatic heterocycles. The summed E-state index contributed by atoms with van der Waals surface area (Å²) < 4.78 is 13.6. The third-order valence-electron chi connectivity index (χ3n) is 4.36. The number of nitrogens with one attached hydrogen (secondary N) is 2. The number of carbonyl (C=O) groups excluding carboxylic acids is 1. The highest BCUT2D eigenvalue weighted by Gasteiger charge is 2.26. The van der Waals surface area contributed by atoms with Crippen molar-refractivity contribution in [2.24, 2.45) is 0 Å². The fraction of sp³-hybridized carbons (Fsp3) is 0.278. The Hall–Kier alpha value is -2.55. The summed E-state index contributed by atoms with van der Waals surface area (Å²) in [6.07, 6.45) is 0. The van der Waals surface area contributed by atoms with Gasteiger partial charge in [-0.3, -0.25) is 19.8 Å². The van der Waals surface area contributed by atoms with E-state index in [9.17, 15) is 19.3 Å². The third kappa shape index (κ3) is 4.79. The van der Waals surface area contributed by atoms with E-state index in [2.05, 4.69) is 10.6 Å². The molecule has 0 saturated carbocycles. The molecule has 2 aromatic carbocycles. The number of amides is 1. The highest BCUT2D eigenvalue weighted by atomic mass is 35.5. The van der Waals surface area contributed by atoms with Crippen LogP contribution in [0.3, 0.4) is 0 Å². The van der Waals surface area contributed by atoms with Crippen LogP contribution in [0.15, 0.2) is 42.5 Å². The van der Waals surface area contributed by atoms with E-state index >= 15 is 0 Å². The minimum atomic E-state index is -0.603. The molecule has 0 spiro atoms. The molecule has 1 saturated heterocycles. The van der Waals surface area contributed by atoms with Gasteiger partial charge >= 0.3 is 0 Å². The highest BCUT2D eigenvalue weighted by Crippen LogP contribution is 2.27. The van der Waals surface area contributed by atoms with Crippen molar-refractivity contribution in [3.8, 4) is 0 Å². The van der Waals surface area contributed by atoms with E-state index in [1.807, 2.05) is 11.0 Å². The number of carbonyl (C=O) groups is 1. The fourth-order valence-electron chi connectivity index (χ4n) is 3.09. The van der Waals surface area contributed by atoms with Gasteiger partial charge in [0.15, 0.2) is 0 Å². The molecule has 1 unspecified atom stereocenters. The van der Waals surface area contributed by atoms with Crippen molar-refractivity contribution in [3.05, 3.63) is 69.0 Å². The molecule has 2 aromatic rings. The van der Waals surface area contributed by atoms with Gasteiger partial charge in [0, 0.05) is 37.4 Å². The van der Waals surface area contributed by atoms with Crippen LogP contribution in [0.2, 0.25) is 5.02 Å². The molecule has 1 amide bonds. The smallest absolute Gasteiger partial charge is 0.289 e. The van der Waals surface area contributed by atoms with Gasteiger partial charge in [-0.1, -0.05) is 23.7 Å². The molecule has 142 valence electrons. The molecule has 27 heavy (non-hydrogen) atoms. The van der Waals surface area contributed by atoms with Crippen molar-refractivity contribution >= 4 is 28.9 Å². The Kier molecular flexibility index (Phi) is 6.00. The first-order valence-electron chi connectivity index (χ1n) is 8.38. The molecule has 3 rings (SSSR count). The van der Waals surface area contributed by atoms with Crippen LogP contribution < -0.4 is 10.6 Å². The number of anilines is 1. The van der Waals surface area contributed by atoms with Crippen molar-refractivity contribution in [3.63, 3.8) is 0 Å². The van der Waals surface area contributed by atoms with Crippen LogP contribution in [0.4, 0.5) is 15.8 Å². The van der Waals surface area contributed by atoms with E-state index in [1.165, 1.54) is 30.3 Å². The lowest BCUT2D eigenvalue weighted by molar-refractivity contribution is -0.384. The zero-order valence-corrected chi connectivity index (χ0v) is 15.1. The van der Waals surface area contributed by atoms with Crippen molar-refractivity contribution in [1.29, 1.82) is 0 Å². The summed E-state index contributed by atoms with van der Waals surface area (Å²) in [6, 6.07) is 10.3. The number of nitrogens with zero attached hydrogens (tertiary/aromatic N) is 2. The number of benzene rings is 2. The second-order valence-electron chi connectivity index (χ2n) is 6.22. The SMILES string of the molecule is O=C(CN1CCNCC1c1cccc(F)c1)Nc1ccc(Cl)c([N+](=O)[O-])c1. The molecule has 1 heterocycles. The first-order chi connectivity index (χ1) is 12.9. The van der Waals surface area contributed by atoms with Gasteiger partial charge in [-0.15, -0.1) is 0 Å². The summed E-state index contributed by atoms with van der Waals surface area (Å²) in [4.78, 5) is 24.8. The predicted octanol–water partition coefficient (Wildman–Crippen LogP) is 2.97. The molecular formula is C18H18ClFN4O3. The number of piperazine rings is 1. The Bertz CT molecular complexity index is 864. The summed E-state index contributed by atoms with van der Waals surface area (Å²) in [5.74, 6) is -0.633. The maximum atomic E-state index is 13.6. The normalized spacial score (nSPS) is 17.5. The average molecular weight is 393 g/mol. The van der Waals surface area contributed by atoms with E-state index in [-0.39, 0.29) is 35.0 Å². The summed E-state index contributed by atoms with van der Waals surface area (Å²) in [7, 11) is 0. The van der Waals surface area contributed by atoms with Crippen LogP contribution in [0.1, 0.15) is 11.6 Å². The molecule has 0 radical (unpaired) electrons. The first kappa shape index (κ1) is 19.2. The van der Waals surface area contributed by atoms with Crippen LogP contribution in [-0.4, -0.2) is 41.9 Å². The minimum absolute atomic E-state index is 0.00581. The average Bonchev–Trinajstić information content (AvgIpc) is 2.63. The second-order valence-corrected chi connectivity index (χ2v) is 6.62. The summed E-state index contributed by atoms with van der Waals surface area (Å²) in [5.41, 5.74) is 0.819. The number of rotatable bonds is 5. The van der Waals surface area contributed by atoms with Gasteiger partial charge in [0.1, 0.15) is 10.8 Å². The van der Waals surface area contributed by atoms with Gasteiger partial charge in [-0.2, -0.15) is 0 Å². The van der Waals surface area contributed by atoms with Gasteiger partial charge in [-0.25, -0.2) is 4.39 Å². The van der Waals surface area contributed by atoms with Crippen LogP contribution >= 0.6 is 11.6 Å². The standard InChI is InChI=1S/C18H18ClFN4O3/c19-15-5-4-14(9-16(15)24(26)27)22-18(25)11-23-7-6-21-10-17(23)12-2-1-3-13(20)8-12/h1-5,8-9,17,21H,6-7,10-11H2,(H,22,25). The summed E-state index contributed by atoms with van der Waals surface area (Å²) in [5, 5.41) is 16.9. The Labute approximate surface area is 160 Å². The molecule has 2 N–H and O–H groups in total. The maximum absolute atomic E-state index is 13.6. The lowest BCUT2D eigenvalue weighted by atomic mass is 10.0. The molecular weight excluding hydrogens is 375 g/mol. The van der Waals surface area contributed by atoms with Crippen LogP contribution in [0.5, 0.6) is 0 Å². The highest BCUT2D eigenvalue weighted by molar-refractivity contribution is 6.32. The molecule has 0 bridgehead atoms. The van der Waals surface area contributed by atoms with E-state index in [1.54, 1.807) is 6.07 Å². The van der Waals surface area contributed by atoms with E-state index < -0.39 is 4.92 Å². The molecule has 0 aliphatic carbocycles. The Morgan fingerprint density at radius 2 is 2.19 bits per heavy atom. The number of nitro benzene ring substituents is 1. The maximum Gasteiger partial charge on any atom is 0.289 e. The van der Waals surface area contributed by atoms with E-state index in [0.717, 1.165) is 5.56 Å². The molecule has 9 heteroatoms. The third-order valence-corrected chi connectivity index (χ3v) is 4.68. The molecule has 7 nitrogen and oxygen atoms in total. The molecule has 1 aliphatic rings. The van der Waals surface area contributed by atoms with Gasteiger partial charge in [0.2, 0.25) is 5.91 Å². The minimum Gasteiger partial charge on any atom is -0.325 e. The van der Waals surface area contributed by atoms with Crippen molar-refractivity contribution in [1.82, 2.24) is 10.2 Å². The van der Waals surface area contributed by atoms with Crippen LogP contribution in [0, 0.1) is 15.9 Å². The number of halogens is 2. The predicted molar refractivity (Wildman–Crippen MR) is 100 cm³/mol. The monoisotopic (exact) mass is 392 g/mol. The van der Waals surface area contributed by atoms with Gasteiger partial charge in [0.05, 0.1) is 11.5 Å². The van der Waals surface area contributed by atoms with Gasteiger partial charge in [0.25, 0.3) is 5.69 Å². The Morgan fingerprint density at radius 3 is 2.93 bits per heavy atom. The van der Waals surface area contributed by atoms with Crippen LogP contribution in [0.25, 0.3) is 0 Å². The topological polar surface area (TPSA) is 87.5 Å². The first-order valence-corrected chi connectivity index (χ1v) is 8.76. The largest absolute Gasteiger partial charge is 0.325 e. The zero-order valence-electron chi connectivity index (χ0n) is 14.3. The lowest BCUT2D eigenvalue weighted by Crippen LogP contribution is -2.48. The zero-order chi connectivity index (χ0) is 19.4. The Morgan fingerprint density at radius 1 is 1.37 bits per heavy atom. The quantitative estimate of drug-likeness (QED) is 0.603. The lowest BCUT2D eigenvalue weighted by Gasteiger charge is -2.36. The molecule has 1 atom stereocenters. The van der Waals surface area contributed by atoms with Crippen molar-refractivity contribution < 1.29 is 14.1 Å². The summed E-state index contributed by atoms with van der Waals surface area (Å²) in [6.45, 7) is 2.02. The van der Waals surface area contributed by atoms with Crippen LogP contribution in [-0.2, 0) is 4.79 Å².